The van der Waals surface area contributed by atoms with E-state index in [0.29, 0.717) is 36.2 Å². The molecule has 0 atom stereocenters. The molecule has 0 saturated carbocycles. The van der Waals surface area contributed by atoms with E-state index in [9.17, 15) is 9.59 Å². The number of para-hydroxylation sites is 1. The number of methoxy groups -OCH3 is 1. The Morgan fingerprint density at radius 1 is 1.08 bits per heavy atom. The molecule has 0 spiro atoms. The molecule has 0 amide bonds. The molecule has 0 aliphatic rings. The van der Waals surface area contributed by atoms with Gasteiger partial charge in [-0.3, -0.25) is 9.59 Å². The Labute approximate surface area is 150 Å². The van der Waals surface area contributed by atoms with Gasteiger partial charge in [0.1, 0.15) is 11.6 Å². The van der Waals surface area contributed by atoms with Gasteiger partial charge in [-0.2, -0.15) is 0 Å². The molecular weight excluding hydrogens is 332 g/mol. The minimum Gasteiger partial charge on any atom is -0.497 e. The van der Waals surface area contributed by atoms with Crippen LogP contribution < -0.4 is 10.3 Å². The number of esters is 1. The van der Waals surface area contributed by atoms with E-state index in [1.165, 1.54) is 0 Å². The van der Waals surface area contributed by atoms with E-state index < -0.39 is 0 Å². The summed E-state index contributed by atoms with van der Waals surface area (Å²) in [4.78, 5) is 31.0. The number of aromatic nitrogens is 2. The van der Waals surface area contributed by atoms with E-state index >= 15 is 0 Å². The first kappa shape index (κ1) is 17.7. The van der Waals surface area contributed by atoms with Gasteiger partial charge in [-0.1, -0.05) is 24.3 Å². The lowest BCUT2D eigenvalue weighted by Gasteiger charge is -2.06. The Kier molecular flexibility index (Phi) is 5.63. The van der Waals surface area contributed by atoms with Crippen molar-refractivity contribution in [3.63, 3.8) is 0 Å². The zero-order valence-electron chi connectivity index (χ0n) is 14.5. The molecule has 0 aliphatic heterocycles. The van der Waals surface area contributed by atoms with Gasteiger partial charge in [0.05, 0.1) is 31.0 Å². The highest BCUT2D eigenvalue weighted by Gasteiger charge is 2.08. The van der Waals surface area contributed by atoms with Gasteiger partial charge in [0, 0.05) is 12.8 Å². The number of aryl methyl sites for hydroxylation is 1. The summed E-state index contributed by atoms with van der Waals surface area (Å²) < 4.78 is 10.4. The van der Waals surface area contributed by atoms with Crippen LogP contribution in [-0.4, -0.2) is 29.7 Å². The second-order valence-corrected chi connectivity index (χ2v) is 5.85. The van der Waals surface area contributed by atoms with Crippen molar-refractivity contribution >= 4 is 16.9 Å². The maximum absolute atomic E-state index is 12.0. The minimum absolute atomic E-state index is 0.171. The molecule has 134 valence electrons. The first-order valence-corrected chi connectivity index (χ1v) is 8.42. The van der Waals surface area contributed by atoms with Crippen molar-refractivity contribution in [2.45, 2.75) is 19.3 Å². The zero-order chi connectivity index (χ0) is 18.4. The van der Waals surface area contributed by atoms with E-state index in [1.54, 1.807) is 25.3 Å². The third-order valence-corrected chi connectivity index (χ3v) is 4.04. The second-order valence-electron chi connectivity index (χ2n) is 5.85. The fraction of sp³-hybridized carbons (Fsp3) is 0.250. The fourth-order valence-corrected chi connectivity index (χ4v) is 2.62. The molecule has 1 aromatic heterocycles. The van der Waals surface area contributed by atoms with E-state index in [-0.39, 0.29) is 17.9 Å². The average molecular weight is 352 g/mol. The largest absolute Gasteiger partial charge is 0.497 e. The molecule has 3 aromatic rings. The Morgan fingerprint density at radius 3 is 2.62 bits per heavy atom. The maximum Gasteiger partial charge on any atom is 0.306 e. The van der Waals surface area contributed by atoms with Gasteiger partial charge in [-0.25, -0.2) is 4.98 Å². The number of nitrogens with zero attached hydrogens (tertiary/aromatic N) is 1. The summed E-state index contributed by atoms with van der Waals surface area (Å²) in [5.74, 6) is 0.970. The van der Waals surface area contributed by atoms with Crippen molar-refractivity contribution < 1.29 is 14.3 Å². The van der Waals surface area contributed by atoms with Gasteiger partial charge < -0.3 is 14.5 Å². The number of H-pyrrole nitrogens is 1. The molecule has 0 radical (unpaired) electrons. The highest BCUT2D eigenvalue weighted by molar-refractivity contribution is 5.77. The maximum atomic E-state index is 12.0. The van der Waals surface area contributed by atoms with Gasteiger partial charge in [-0.15, -0.1) is 0 Å². The van der Waals surface area contributed by atoms with Crippen molar-refractivity contribution in [3.05, 3.63) is 70.3 Å². The van der Waals surface area contributed by atoms with Gasteiger partial charge in [-0.05, 0) is 29.8 Å². The molecule has 26 heavy (non-hydrogen) atoms. The van der Waals surface area contributed by atoms with Crippen molar-refractivity contribution in [1.29, 1.82) is 0 Å². The van der Waals surface area contributed by atoms with E-state index in [4.69, 9.17) is 9.47 Å². The van der Waals surface area contributed by atoms with Crippen LogP contribution in [0.2, 0.25) is 0 Å². The molecular formula is C20H20N2O4. The summed E-state index contributed by atoms with van der Waals surface area (Å²) in [6.07, 6.45) is 1.14. The molecule has 0 saturated heterocycles. The van der Waals surface area contributed by atoms with E-state index in [1.807, 2.05) is 30.3 Å². The summed E-state index contributed by atoms with van der Waals surface area (Å²) >= 11 is 0. The SMILES string of the molecule is COc1ccc(CCOC(=O)CCc2nc3ccccc3c(=O)[nH]2)cc1. The van der Waals surface area contributed by atoms with Crippen LogP contribution in [0.25, 0.3) is 10.9 Å². The Balaban J connectivity index is 1.48. The summed E-state index contributed by atoms with van der Waals surface area (Å²) in [6, 6.07) is 14.7. The topological polar surface area (TPSA) is 81.3 Å². The van der Waals surface area contributed by atoms with Crippen molar-refractivity contribution in [2.75, 3.05) is 13.7 Å². The van der Waals surface area contributed by atoms with Gasteiger partial charge >= 0.3 is 5.97 Å². The van der Waals surface area contributed by atoms with E-state index in [0.717, 1.165) is 11.3 Å². The van der Waals surface area contributed by atoms with Crippen LogP contribution in [-0.2, 0) is 22.4 Å². The van der Waals surface area contributed by atoms with Crippen molar-refractivity contribution in [2.24, 2.45) is 0 Å². The Hall–Kier alpha value is -3.15. The molecule has 0 unspecified atom stereocenters. The van der Waals surface area contributed by atoms with Gasteiger partial charge in [0.25, 0.3) is 5.56 Å². The lowest BCUT2D eigenvalue weighted by Crippen LogP contribution is -2.14. The summed E-state index contributed by atoms with van der Waals surface area (Å²) in [7, 11) is 1.62. The third-order valence-electron chi connectivity index (χ3n) is 4.04. The molecule has 6 nitrogen and oxygen atoms in total. The van der Waals surface area contributed by atoms with E-state index in [2.05, 4.69) is 9.97 Å². The van der Waals surface area contributed by atoms with Crippen LogP contribution in [0.15, 0.2) is 53.3 Å². The zero-order valence-corrected chi connectivity index (χ0v) is 14.5. The second kappa shape index (κ2) is 8.29. The highest BCUT2D eigenvalue weighted by Crippen LogP contribution is 2.12. The van der Waals surface area contributed by atoms with Crippen LogP contribution >= 0.6 is 0 Å². The van der Waals surface area contributed by atoms with Crippen LogP contribution in [0.5, 0.6) is 5.75 Å². The molecule has 2 aromatic carbocycles. The number of carbonyl (C=O) groups excluding carboxylic acids is 1. The fourth-order valence-electron chi connectivity index (χ4n) is 2.62. The molecule has 0 fully saturated rings. The first-order valence-electron chi connectivity index (χ1n) is 8.42. The van der Waals surface area contributed by atoms with Gasteiger partial charge in [0.2, 0.25) is 0 Å². The standard InChI is InChI=1S/C20H20N2O4/c1-25-15-8-6-14(7-9-15)12-13-26-19(23)11-10-18-21-17-5-3-2-4-16(17)20(24)22-18/h2-9H,10-13H2,1H3,(H,21,22,24). The predicted molar refractivity (Wildman–Crippen MR) is 98.3 cm³/mol. The lowest BCUT2D eigenvalue weighted by molar-refractivity contribution is -0.143. The molecule has 0 aliphatic carbocycles. The lowest BCUT2D eigenvalue weighted by atomic mass is 10.1. The number of nitrogens with one attached hydrogen (secondary N) is 1. The molecule has 0 bridgehead atoms. The number of carbonyl (C=O) groups is 1. The number of hydrogen-bond acceptors (Lipinski definition) is 5. The number of rotatable bonds is 7. The number of hydrogen-bond donors (Lipinski definition) is 1. The summed E-state index contributed by atoms with van der Waals surface area (Å²) in [6.45, 7) is 0.312. The summed E-state index contributed by atoms with van der Waals surface area (Å²) in [5.41, 5.74) is 1.50. The number of ether oxygens (including phenoxy) is 2. The monoisotopic (exact) mass is 352 g/mol. The molecule has 1 heterocycles. The summed E-state index contributed by atoms with van der Waals surface area (Å²) in [5, 5.41) is 0.540. The van der Waals surface area contributed by atoms with Crippen molar-refractivity contribution in [3.8, 4) is 5.75 Å². The predicted octanol–water partition coefficient (Wildman–Crippen LogP) is 2.65. The van der Waals surface area contributed by atoms with Crippen molar-refractivity contribution in [1.82, 2.24) is 9.97 Å². The normalized spacial score (nSPS) is 10.7. The Bertz CT molecular complexity index is 948. The highest BCUT2D eigenvalue weighted by atomic mass is 16.5. The number of benzene rings is 2. The smallest absolute Gasteiger partial charge is 0.306 e. The first-order chi connectivity index (χ1) is 12.7. The van der Waals surface area contributed by atoms with Crippen LogP contribution in [0, 0.1) is 0 Å². The Morgan fingerprint density at radius 2 is 1.85 bits per heavy atom. The average Bonchev–Trinajstić information content (AvgIpc) is 2.67. The number of fused-ring (bicyclic) bond motifs is 1. The minimum atomic E-state index is -0.311. The quantitative estimate of drug-likeness (QED) is 0.661. The van der Waals surface area contributed by atoms with Crippen LogP contribution in [0.3, 0.4) is 0 Å². The molecule has 6 heteroatoms. The van der Waals surface area contributed by atoms with Gasteiger partial charge in [0.15, 0.2) is 0 Å². The third kappa shape index (κ3) is 4.47. The van der Waals surface area contributed by atoms with Crippen LogP contribution in [0.4, 0.5) is 0 Å². The van der Waals surface area contributed by atoms with Crippen LogP contribution in [0.1, 0.15) is 17.8 Å². The molecule has 1 N–H and O–H groups in total. The number of aromatic amines is 1. The molecule has 3 rings (SSSR count).